The number of rotatable bonds is 8. The summed E-state index contributed by atoms with van der Waals surface area (Å²) in [4.78, 5) is 0. The summed E-state index contributed by atoms with van der Waals surface area (Å²) >= 11 is 5.98. The summed E-state index contributed by atoms with van der Waals surface area (Å²) in [6.07, 6.45) is 3.88. The zero-order valence-electron chi connectivity index (χ0n) is 10.3. The first-order valence-electron chi connectivity index (χ1n) is 6.00. The van der Waals surface area contributed by atoms with E-state index in [1.165, 1.54) is 0 Å². The fourth-order valence-corrected chi connectivity index (χ4v) is 1.69. The third-order valence-electron chi connectivity index (χ3n) is 2.40. The van der Waals surface area contributed by atoms with Crippen LogP contribution < -0.4 is 10.1 Å². The second-order valence-corrected chi connectivity index (χ2v) is 4.25. The van der Waals surface area contributed by atoms with E-state index in [4.69, 9.17) is 16.3 Å². The quantitative estimate of drug-likeness (QED) is 0.562. The van der Waals surface area contributed by atoms with Crippen LogP contribution in [0.5, 0.6) is 5.75 Å². The molecule has 3 heteroatoms. The van der Waals surface area contributed by atoms with Crippen LogP contribution in [0.25, 0.3) is 0 Å². The lowest BCUT2D eigenvalue weighted by molar-refractivity contribution is 0.308. The molecule has 0 aliphatic carbocycles. The molecule has 1 aromatic rings. The number of hydrogen-bond acceptors (Lipinski definition) is 2. The van der Waals surface area contributed by atoms with Crippen LogP contribution in [0.2, 0.25) is 5.02 Å². The van der Waals surface area contributed by atoms with Crippen molar-refractivity contribution >= 4 is 11.6 Å². The molecule has 0 aliphatic heterocycles. The molecule has 0 unspecified atom stereocenters. The SMILES string of the molecule is C=CCCCOc1ccc(Cl)cc1CNCC. The number of benzene rings is 1. The Labute approximate surface area is 109 Å². The molecular formula is C14H20ClNO. The molecule has 0 amide bonds. The average molecular weight is 254 g/mol. The topological polar surface area (TPSA) is 21.3 Å². The zero-order chi connectivity index (χ0) is 12.5. The lowest BCUT2D eigenvalue weighted by atomic mass is 10.2. The van der Waals surface area contributed by atoms with Gasteiger partial charge in [0, 0.05) is 17.1 Å². The van der Waals surface area contributed by atoms with Crippen LogP contribution in [0.4, 0.5) is 0 Å². The van der Waals surface area contributed by atoms with Crippen molar-refractivity contribution in [1.29, 1.82) is 0 Å². The van der Waals surface area contributed by atoms with Crippen LogP contribution in [0.15, 0.2) is 30.9 Å². The van der Waals surface area contributed by atoms with E-state index in [0.29, 0.717) is 6.61 Å². The van der Waals surface area contributed by atoms with Crippen LogP contribution in [0, 0.1) is 0 Å². The molecular weight excluding hydrogens is 234 g/mol. The third kappa shape index (κ3) is 5.24. The number of ether oxygens (including phenoxy) is 1. The molecule has 0 heterocycles. The Morgan fingerprint density at radius 2 is 2.29 bits per heavy atom. The van der Waals surface area contributed by atoms with Crippen molar-refractivity contribution < 1.29 is 4.74 Å². The Balaban J connectivity index is 2.58. The van der Waals surface area contributed by atoms with Gasteiger partial charge in [-0.05, 0) is 37.6 Å². The van der Waals surface area contributed by atoms with Crippen molar-refractivity contribution in [2.75, 3.05) is 13.2 Å². The number of allylic oxidation sites excluding steroid dienone is 1. The van der Waals surface area contributed by atoms with E-state index in [1.807, 2.05) is 24.3 Å². The highest BCUT2D eigenvalue weighted by molar-refractivity contribution is 6.30. The van der Waals surface area contributed by atoms with Gasteiger partial charge >= 0.3 is 0 Å². The maximum absolute atomic E-state index is 5.98. The number of nitrogens with one attached hydrogen (secondary N) is 1. The normalized spacial score (nSPS) is 10.2. The van der Waals surface area contributed by atoms with Gasteiger partial charge in [0.15, 0.2) is 0 Å². The Bertz CT molecular complexity index is 352. The second kappa shape index (κ2) is 8.15. The molecule has 17 heavy (non-hydrogen) atoms. The summed E-state index contributed by atoms with van der Waals surface area (Å²) in [5.41, 5.74) is 1.11. The summed E-state index contributed by atoms with van der Waals surface area (Å²) in [5.74, 6) is 0.916. The van der Waals surface area contributed by atoms with Gasteiger partial charge < -0.3 is 10.1 Å². The molecule has 0 saturated heterocycles. The van der Waals surface area contributed by atoms with Gasteiger partial charge in [0.05, 0.1) is 6.61 Å². The molecule has 0 fully saturated rings. The highest BCUT2D eigenvalue weighted by Gasteiger charge is 2.04. The lowest BCUT2D eigenvalue weighted by Gasteiger charge is -2.12. The van der Waals surface area contributed by atoms with E-state index in [2.05, 4.69) is 18.8 Å². The minimum absolute atomic E-state index is 0.715. The van der Waals surface area contributed by atoms with E-state index in [-0.39, 0.29) is 0 Å². The Kier molecular flexibility index (Phi) is 6.75. The van der Waals surface area contributed by atoms with Crippen molar-refractivity contribution in [1.82, 2.24) is 5.32 Å². The first-order valence-corrected chi connectivity index (χ1v) is 6.38. The highest BCUT2D eigenvalue weighted by atomic mass is 35.5. The summed E-state index contributed by atoms with van der Waals surface area (Å²) in [7, 11) is 0. The van der Waals surface area contributed by atoms with E-state index in [9.17, 15) is 0 Å². The first-order chi connectivity index (χ1) is 8.27. The van der Waals surface area contributed by atoms with E-state index in [1.54, 1.807) is 0 Å². The van der Waals surface area contributed by atoms with Crippen LogP contribution in [-0.2, 0) is 6.54 Å². The summed E-state index contributed by atoms with van der Waals surface area (Å²) < 4.78 is 5.74. The lowest BCUT2D eigenvalue weighted by Crippen LogP contribution is -2.13. The van der Waals surface area contributed by atoms with Crippen LogP contribution in [-0.4, -0.2) is 13.2 Å². The number of unbranched alkanes of at least 4 members (excludes halogenated alkanes) is 1. The van der Waals surface area contributed by atoms with Gasteiger partial charge in [-0.3, -0.25) is 0 Å². The van der Waals surface area contributed by atoms with Crippen molar-refractivity contribution in [2.24, 2.45) is 0 Å². The molecule has 1 aromatic carbocycles. The van der Waals surface area contributed by atoms with Gasteiger partial charge in [0.1, 0.15) is 5.75 Å². The van der Waals surface area contributed by atoms with Gasteiger partial charge in [0.2, 0.25) is 0 Å². The molecule has 0 spiro atoms. The largest absolute Gasteiger partial charge is 0.493 e. The van der Waals surface area contributed by atoms with Gasteiger partial charge in [0.25, 0.3) is 0 Å². The van der Waals surface area contributed by atoms with E-state index in [0.717, 1.165) is 42.3 Å². The summed E-state index contributed by atoms with van der Waals surface area (Å²) in [6, 6.07) is 5.75. The zero-order valence-corrected chi connectivity index (χ0v) is 11.1. The molecule has 0 aliphatic rings. The molecule has 0 atom stereocenters. The number of halogens is 1. The van der Waals surface area contributed by atoms with Crippen LogP contribution in [0.1, 0.15) is 25.3 Å². The van der Waals surface area contributed by atoms with Crippen molar-refractivity contribution in [3.05, 3.63) is 41.4 Å². The molecule has 0 radical (unpaired) electrons. The Morgan fingerprint density at radius 3 is 3.00 bits per heavy atom. The van der Waals surface area contributed by atoms with Gasteiger partial charge in [-0.2, -0.15) is 0 Å². The fourth-order valence-electron chi connectivity index (χ4n) is 1.50. The number of hydrogen-bond donors (Lipinski definition) is 1. The molecule has 0 aromatic heterocycles. The van der Waals surface area contributed by atoms with Gasteiger partial charge in [-0.1, -0.05) is 24.6 Å². The third-order valence-corrected chi connectivity index (χ3v) is 2.63. The Morgan fingerprint density at radius 1 is 1.47 bits per heavy atom. The maximum atomic E-state index is 5.98. The Hall–Kier alpha value is -0.990. The molecule has 2 nitrogen and oxygen atoms in total. The van der Waals surface area contributed by atoms with Gasteiger partial charge in [-0.15, -0.1) is 6.58 Å². The van der Waals surface area contributed by atoms with E-state index < -0.39 is 0 Å². The predicted octanol–water partition coefficient (Wildman–Crippen LogP) is 3.79. The first kappa shape index (κ1) is 14.1. The van der Waals surface area contributed by atoms with Crippen LogP contribution >= 0.6 is 11.6 Å². The van der Waals surface area contributed by atoms with Crippen molar-refractivity contribution in [2.45, 2.75) is 26.3 Å². The maximum Gasteiger partial charge on any atom is 0.123 e. The molecule has 94 valence electrons. The molecule has 1 N–H and O–H groups in total. The van der Waals surface area contributed by atoms with Gasteiger partial charge in [-0.25, -0.2) is 0 Å². The molecule has 0 saturated carbocycles. The summed E-state index contributed by atoms with van der Waals surface area (Å²) in [6.45, 7) is 8.20. The smallest absolute Gasteiger partial charge is 0.123 e. The monoisotopic (exact) mass is 253 g/mol. The minimum Gasteiger partial charge on any atom is -0.493 e. The predicted molar refractivity (Wildman–Crippen MR) is 73.8 cm³/mol. The van der Waals surface area contributed by atoms with Crippen LogP contribution in [0.3, 0.4) is 0 Å². The summed E-state index contributed by atoms with van der Waals surface area (Å²) in [5, 5.41) is 4.03. The standard InChI is InChI=1S/C14H20ClNO/c1-3-5-6-9-17-14-8-7-13(15)10-12(14)11-16-4-2/h3,7-8,10,16H,1,4-6,9,11H2,2H3. The van der Waals surface area contributed by atoms with Crippen molar-refractivity contribution in [3.63, 3.8) is 0 Å². The van der Waals surface area contributed by atoms with Crippen molar-refractivity contribution in [3.8, 4) is 5.75 Å². The molecule has 0 bridgehead atoms. The van der Waals surface area contributed by atoms with E-state index >= 15 is 0 Å². The minimum atomic E-state index is 0.715. The highest BCUT2D eigenvalue weighted by Crippen LogP contribution is 2.23. The molecule has 1 rings (SSSR count). The average Bonchev–Trinajstić information content (AvgIpc) is 2.34. The second-order valence-electron chi connectivity index (χ2n) is 3.81. The fraction of sp³-hybridized carbons (Fsp3) is 0.429.